The normalized spacial score (nSPS) is 12.1. The maximum absolute atomic E-state index is 10.7. The molecule has 0 spiro atoms. The molecule has 0 aliphatic heterocycles. The number of amides is 2. The van der Waals surface area contributed by atoms with Crippen LogP contribution < -0.4 is 11.1 Å². The maximum Gasteiger partial charge on any atom is 0.312 e. The largest absolute Gasteiger partial charge is 0.352 e. The molecule has 3 N–H and O–H groups in total. The Bertz CT molecular complexity index is 272. The SMILES string of the molecule is CCC(NC(N)=O)c1ccccc1. The van der Waals surface area contributed by atoms with Crippen molar-refractivity contribution >= 4 is 6.03 Å². The van der Waals surface area contributed by atoms with Gasteiger partial charge in [-0.1, -0.05) is 37.3 Å². The Hall–Kier alpha value is -1.51. The molecule has 1 atom stereocenters. The predicted molar refractivity (Wildman–Crippen MR) is 52.2 cm³/mol. The zero-order valence-electron chi connectivity index (χ0n) is 7.66. The Morgan fingerprint density at radius 1 is 1.46 bits per heavy atom. The van der Waals surface area contributed by atoms with Crippen molar-refractivity contribution in [2.75, 3.05) is 0 Å². The molecule has 0 fully saturated rings. The van der Waals surface area contributed by atoms with Gasteiger partial charge >= 0.3 is 6.03 Å². The molecular formula is C10H14N2O. The Balaban J connectivity index is 2.73. The van der Waals surface area contributed by atoms with Crippen LogP contribution in [-0.4, -0.2) is 6.03 Å². The van der Waals surface area contributed by atoms with Gasteiger partial charge in [-0.15, -0.1) is 0 Å². The smallest absolute Gasteiger partial charge is 0.312 e. The molecule has 1 unspecified atom stereocenters. The summed E-state index contributed by atoms with van der Waals surface area (Å²) in [5.41, 5.74) is 6.14. The van der Waals surface area contributed by atoms with Crippen LogP contribution in [0.15, 0.2) is 30.3 Å². The van der Waals surface area contributed by atoms with Gasteiger partial charge in [-0.25, -0.2) is 4.79 Å². The molecule has 0 aliphatic carbocycles. The average Bonchev–Trinajstić information content (AvgIpc) is 2.15. The van der Waals surface area contributed by atoms with Gasteiger partial charge in [0, 0.05) is 0 Å². The lowest BCUT2D eigenvalue weighted by atomic mass is 10.1. The number of hydrogen-bond donors (Lipinski definition) is 2. The summed E-state index contributed by atoms with van der Waals surface area (Å²) in [4.78, 5) is 10.7. The van der Waals surface area contributed by atoms with Crippen LogP contribution in [0.25, 0.3) is 0 Å². The van der Waals surface area contributed by atoms with E-state index in [4.69, 9.17) is 5.73 Å². The fourth-order valence-corrected chi connectivity index (χ4v) is 1.28. The summed E-state index contributed by atoms with van der Waals surface area (Å²) >= 11 is 0. The second kappa shape index (κ2) is 4.50. The van der Waals surface area contributed by atoms with Crippen molar-refractivity contribution in [2.24, 2.45) is 5.73 Å². The predicted octanol–water partition coefficient (Wildman–Crippen LogP) is 1.81. The molecule has 3 heteroatoms. The fourth-order valence-electron chi connectivity index (χ4n) is 1.28. The summed E-state index contributed by atoms with van der Waals surface area (Å²) < 4.78 is 0. The molecule has 1 aromatic carbocycles. The van der Waals surface area contributed by atoms with Gasteiger partial charge < -0.3 is 11.1 Å². The Labute approximate surface area is 77.9 Å². The zero-order chi connectivity index (χ0) is 9.68. The van der Waals surface area contributed by atoms with E-state index in [0.29, 0.717) is 0 Å². The third-order valence-corrected chi connectivity index (χ3v) is 1.93. The number of carbonyl (C=O) groups is 1. The molecule has 2 amide bonds. The number of primary amides is 1. The summed E-state index contributed by atoms with van der Waals surface area (Å²) in [5.74, 6) is 0. The van der Waals surface area contributed by atoms with Crippen LogP contribution in [0.4, 0.5) is 4.79 Å². The first-order valence-electron chi connectivity index (χ1n) is 4.35. The molecule has 3 nitrogen and oxygen atoms in total. The van der Waals surface area contributed by atoms with E-state index in [1.165, 1.54) is 0 Å². The van der Waals surface area contributed by atoms with Crippen LogP contribution >= 0.6 is 0 Å². The number of nitrogens with two attached hydrogens (primary N) is 1. The summed E-state index contributed by atoms with van der Waals surface area (Å²) in [6.07, 6.45) is 0.840. The second-order valence-corrected chi connectivity index (χ2v) is 2.88. The third kappa shape index (κ3) is 2.78. The Morgan fingerprint density at radius 2 is 2.08 bits per heavy atom. The quantitative estimate of drug-likeness (QED) is 0.728. The number of benzene rings is 1. The Morgan fingerprint density at radius 3 is 2.54 bits per heavy atom. The zero-order valence-corrected chi connectivity index (χ0v) is 7.66. The summed E-state index contributed by atoms with van der Waals surface area (Å²) in [6, 6.07) is 9.34. The number of carbonyl (C=O) groups excluding carboxylic acids is 1. The van der Waals surface area contributed by atoms with Gasteiger partial charge in [-0.3, -0.25) is 0 Å². The highest BCUT2D eigenvalue weighted by atomic mass is 16.2. The van der Waals surface area contributed by atoms with E-state index in [9.17, 15) is 4.79 Å². The molecule has 0 saturated carbocycles. The van der Waals surface area contributed by atoms with Crippen molar-refractivity contribution < 1.29 is 4.79 Å². The third-order valence-electron chi connectivity index (χ3n) is 1.93. The van der Waals surface area contributed by atoms with E-state index in [1.54, 1.807) is 0 Å². The number of urea groups is 1. The van der Waals surface area contributed by atoms with Crippen molar-refractivity contribution in [3.63, 3.8) is 0 Å². The average molecular weight is 178 g/mol. The van der Waals surface area contributed by atoms with Crippen LogP contribution in [0, 0.1) is 0 Å². The topological polar surface area (TPSA) is 55.1 Å². The molecule has 0 heterocycles. The molecule has 70 valence electrons. The van der Waals surface area contributed by atoms with Crippen molar-refractivity contribution in [3.05, 3.63) is 35.9 Å². The minimum absolute atomic E-state index is 0.0266. The van der Waals surface area contributed by atoms with Gasteiger partial charge in [-0.2, -0.15) is 0 Å². The van der Waals surface area contributed by atoms with Gasteiger partial charge in [0.1, 0.15) is 0 Å². The van der Waals surface area contributed by atoms with Crippen LogP contribution in [0.1, 0.15) is 24.9 Å². The molecule has 1 aromatic rings. The number of rotatable bonds is 3. The lowest BCUT2D eigenvalue weighted by molar-refractivity contribution is 0.245. The highest BCUT2D eigenvalue weighted by molar-refractivity contribution is 5.72. The summed E-state index contributed by atoms with van der Waals surface area (Å²) in [5, 5.41) is 2.68. The molecule has 1 rings (SSSR count). The number of nitrogens with one attached hydrogen (secondary N) is 1. The van der Waals surface area contributed by atoms with Crippen molar-refractivity contribution in [1.29, 1.82) is 0 Å². The lowest BCUT2D eigenvalue weighted by Crippen LogP contribution is -2.32. The molecule has 0 radical (unpaired) electrons. The fraction of sp³-hybridized carbons (Fsp3) is 0.300. The minimum atomic E-state index is -0.476. The minimum Gasteiger partial charge on any atom is -0.352 e. The molecular weight excluding hydrogens is 164 g/mol. The van der Waals surface area contributed by atoms with Crippen molar-refractivity contribution in [3.8, 4) is 0 Å². The van der Waals surface area contributed by atoms with Gasteiger partial charge in [0.05, 0.1) is 6.04 Å². The maximum atomic E-state index is 10.7. The van der Waals surface area contributed by atoms with Gasteiger partial charge in [0.15, 0.2) is 0 Å². The van der Waals surface area contributed by atoms with Crippen LogP contribution in [0.2, 0.25) is 0 Å². The van der Waals surface area contributed by atoms with E-state index < -0.39 is 6.03 Å². The van der Waals surface area contributed by atoms with Crippen LogP contribution in [0.5, 0.6) is 0 Å². The summed E-state index contributed by atoms with van der Waals surface area (Å²) in [6.45, 7) is 2.01. The van der Waals surface area contributed by atoms with Crippen LogP contribution in [-0.2, 0) is 0 Å². The molecule has 0 aromatic heterocycles. The first-order valence-corrected chi connectivity index (χ1v) is 4.35. The summed E-state index contributed by atoms with van der Waals surface area (Å²) in [7, 11) is 0. The van der Waals surface area contributed by atoms with Gasteiger partial charge in [0.25, 0.3) is 0 Å². The van der Waals surface area contributed by atoms with Crippen LogP contribution in [0.3, 0.4) is 0 Å². The van der Waals surface area contributed by atoms with E-state index in [0.717, 1.165) is 12.0 Å². The molecule has 0 aliphatic rings. The van der Waals surface area contributed by atoms with Gasteiger partial charge in [0.2, 0.25) is 0 Å². The first kappa shape index (κ1) is 9.58. The highest BCUT2D eigenvalue weighted by Gasteiger charge is 2.08. The van der Waals surface area contributed by atoms with E-state index in [1.807, 2.05) is 37.3 Å². The van der Waals surface area contributed by atoms with Crippen molar-refractivity contribution in [1.82, 2.24) is 5.32 Å². The first-order chi connectivity index (χ1) is 6.24. The molecule has 0 bridgehead atoms. The Kier molecular flexibility index (Phi) is 3.31. The van der Waals surface area contributed by atoms with Crippen molar-refractivity contribution in [2.45, 2.75) is 19.4 Å². The van der Waals surface area contributed by atoms with E-state index in [-0.39, 0.29) is 6.04 Å². The standard InChI is InChI=1S/C10H14N2O/c1-2-9(12-10(11)13)8-6-4-3-5-7-8/h3-7,9H,2H2,1H3,(H3,11,12,13). The lowest BCUT2D eigenvalue weighted by Gasteiger charge is -2.15. The number of hydrogen-bond acceptors (Lipinski definition) is 1. The van der Waals surface area contributed by atoms with E-state index >= 15 is 0 Å². The molecule has 0 saturated heterocycles. The van der Waals surface area contributed by atoms with Gasteiger partial charge in [-0.05, 0) is 12.0 Å². The van der Waals surface area contributed by atoms with E-state index in [2.05, 4.69) is 5.32 Å². The highest BCUT2D eigenvalue weighted by Crippen LogP contribution is 2.14. The molecule has 13 heavy (non-hydrogen) atoms. The monoisotopic (exact) mass is 178 g/mol. The second-order valence-electron chi connectivity index (χ2n) is 2.88.